The van der Waals surface area contributed by atoms with Crippen molar-refractivity contribution in [1.82, 2.24) is 0 Å². The lowest BCUT2D eigenvalue weighted by atomic mass is 10.1. The Morgan fingerprint density at radius 2 is 1.82 bits per heavy atom. The van der Waals surface area contributed by atoms with Gasteiger partial charge in [-0.2, -0.15) is 0 Å². The van der Waals surface area contributed by atoms with E-state index in [1.165, 1.54) is 12.0 Å². The molecule has 0 aliphatic heterocycles. The Labute approximate surface area is 66.1 Å². The molecule has 2 rings (SSSR count). The predicted molar refractivity (Wildman–Crippen MR) is 42.9 cm³/mol. The topological polar surface area (TPSA) is 0 Å². The summed E-state index contributed by atoms with van der Waals surface area (Å²) in [5, 5.41) is 0. The van der Waals surface area contributed by atoms with Crippen molar-refractivity contribution in [2.24, 2.45) is 5.92 Å². The smallest absolute Gasteiger partial charge is 0.123 e. The van der Waals surface area contributed by atoms with E-state index >= 15 is 0 Å². The molecule has 1 fully saturated rings. The zero-order valence-corrected chi connectivity index (χ0v) is 6.55. The number of halogens is 1. The Bertz CT molecular complexity index is 250. The first-order valence-electron chi connectivity index (χ1n) is 4.03. The second-order valence-corrected chi connectivity index (χ2v) is 3.37. The third-order valence-electron chi connectivity index (χ3n) is 2.41. The molecule has 1 saturated carbocycles. The van der Waals surface area contributed by atoms with Gasteiger partial charge < -0.3 is 0 Å². The number of rotatable bonds is 1. The Balaban J connectivity index is 2.21. The second kappa shape index (κ2) is 2.33. The van der Waals surface area contributed by atoms with Crippen LogP contribution in [0.15, 0.2) is 24.3 Å². The van der Waals surface area contributed by atoms with Gasteiger partial charge in [0, 0.05) is 0 Å². The molecular formula is C10H11F. The highest BCUT2D eigenvalue weighted by molar-refractivity contribution is 5.25. The van der Waals surface area contributed by atoms with Gasteiger partial charge in [-0.1, -0.05) is 19.1 Å². The van der Waals surface area contributed by atoms with Crippen LogP contribution < -0.4 is 0 Å². The lowest BCUT2D eigenvalue weighted by Crippen LogP contribution is -1.80. The average Bonchev–Trinajstić information content (AvgIpc) is 2.69. The van der Waals surface area contributed by atoms with Crippen LogP contribution in [0.5, 0.6) is 0 Å². The zero-order valence-electron chi connectivity index (χ0n) is 6.55. The number of benzene rings is 1. The quantitative estimate of drug-likeness (QED) is 0.577. The third-order valence-corrected chi connectivity index (χ3v) is 2.41. The molecule has 0 bridgehead atoms. The van der Waals surface area contributed by atoms with Crippen LogP contribution in [-0.4, -0.2) is 0 Å². The van der Waals surface area contributed by atoms with E-state index in [9.17, 15) is 4.39 Å². The molecule has 1 aliphatic carbocycles. The molecule has 1 aliphatic rings. The lowest BCUT2D eigenvalue weighted by molar-refractivity contribution is 0.627. The van der Waals surface area contributed by atoms with Crippen LogP contribution in [0.2, 0.25) is 0 Å². The Hall–Kier alpha value is -0.850. The van der Waals surface area contributed by atoms with Gasteiger partial charge in [-0.3, -0.25) is 0 Å². The highest BCUT2D eigenvalue weighted by atomic mass is 19.1. The lowest BCUT2D eigenvalue weighted by Gasteiger charge is -1.96. The highest BCUT2D eigenvalue weighted by Crippen LogP contribution is 2.46. The summed E-state index contributed by atoms with van der Waals surface area (Å²) in [5.41, 5.74) is 1.29. The molecule has 1 aromatic carbocycles. The van der Waals surface area contributed by atoms with E-state index in [2.05, 4.69) is 6.92 Å². The van der Waals surface area contributed by atoms with Crippen molar-refractivity contribution in [3.63, 3.8) is 0 Å². The van der Waals surface area contributed by atoms with E-state index in [4.69, 9.17) is 0 Å². The molecule has 11 heavy (non-hydrogen) atoms. The van der Waals surface area contributed by atoms with E-state index in [0.29, 0.717) is 5.92 Å². The average molecular weight is 150 g/mol. The summed E-state index contributed by atoms with van der Waals surface area (Å²) in [4.78, 5) is 0. The molecule has 0 radical (unpaired) electrons. The summed E-state index contributed by atoms with van der Waals surface area (Å²) in [6.45, 7) is 2.23. The molecule has 0 nitrogen and oxygen atoms in total. The van der Waals surface area contributed by atoms with Crippen LogP contribution in [0.3, 0.4) is 0 Å². The summed E-state index contributed by atoms with van der Waals surface area (Å²) >= 11 is 0. The Morgan fingerprint density at radius 1 is 1.27 bits per heavy atom. The summed E-state index contributed by atoms with van der Waals surface area (Å²) in [5.74, 6) is 1.37. The van der Waals surface area contributed by atoms with E-state index in [1.54, 1.807) is 12.1 Å². The molecular weight excluding hydrogens is 139 g/mol. The number of hydrogen-bond donors (Lipinski definition) is 0. The van der Waals surface area contributed by atoms with Gasteiger partial charge in [-0.15, -0.1) is 0 Å². The van der Waals surface area contributed by atoms with Gasteiger partial charge in [0.25, 0.3) is 0 Å². The van der Waals surface area contributed by atoms with Crippen molar-refractivity contribution >= 4 is 0 Å². The molecule has 1 aromatic rings. The Morgan fingerprint density at radius 3 is 2.27 bits per heavy atom. The maximum absolute atomic E-state index is 12.5. The minimum absolute atomic E-state index is 0.137. The van der Waals surface area contributed by atoms with E-state index in [0.717, 1.165) is 5.92 Å². The summed E-state index contributed by atoms with van der Waals surface area (Å²) in [6, 6.07) is 6.87. The molecule has 0 unspecified atom stereocenters. The Kier molecular flexibility index (Phi) is 1.45. The van der Waals surface area contributed by atoms with Crippen LogP contribution in [0.25, 0.3) is 0 Å². The molecule has 58 valence electrons. The van der Waals surface area contributed by atoms with Gasteiger partial charge in [-0.05, 0) is 36.0 Å². The maximum Gasteiger partial charge on any atom is 0.123 e. The maximum atomic E-state index is 12.5. The molecule has 1 heteroatoms. The van der Waals surface area contributed by atoms with Gasteiger partial charge in [0.05, 0.1) is 0 Å². The monoisotopic (exact) mass is 150 g/mol. The van der Waals surface area contributed by atoms with E-state index < -0.39 is 0 Å². The molecule has 0 N–H and O–H groups in total. The van der Waals surface area contributed by atoms with Crippen LogP contribution >= 0.6 is 0 Å². The molecule has 0 amide bonds. The summed E-state index contributed by atoms with van der Waals surface area (Å²) in [6.07, 6.45) is 1.27. The van der Waals surface area contributed by atoms with Crippen molar-refractivity contribution in [2.75, 3.05) is 0 Å². The second-order valence-electron chi connectivity index (χ2n) is 3.37. The summed E-state index contributed by atoms with van der Waals surface area (Å²) in [7, 11) is 0. The highest BCUT2D eigenvalue weighted by Gasteiger charge is 2.33. The fourth-order valence-electron chi connectivity index (χ4n) is 1.50. The zero-order chi connectivity index (χ0) is 7.84. The fraction of sp³-hybridized carbons (Fsp3) is 0.400. The molecule has 0 heterocycles. The summed E-state index contributed by atoms with van der Waals surface area (Å²) < 4.78 is 12.5. The van der Waals surface area contributed by atoms with Crippen LogP contribution in [-0.2, 0) is 0 Å². The van der Waals surface area contributed by atoms with Crippen molar-refractivity contribution in [3.8, 4) is 0 Å². The van der Waals surface area contributed by atoms with Crippen molar-refractivity contribution in [1.29, 1.82) is 0 Å². The van der Waals surface area contributed by atoms with Gasteiger partial charge >= 0.3 is 0 Å². The largest absolute Gasteiger partial charge is 0.207 e. The van der Waals surface area contributed by atoms with Crippen LogP contribution in [0.4, 0.5) is 4.39 Å². The molecule has 2 atom stereocenters. The van der Waals surface area contributed by atoms with Crippen LogP contribution in [0.1, 0.15) is 24.8 Å². The first kappa shape index (κ1) is 6.84. The predicted octanol–water partition coefficient (Wildman–Crippen LogP) is 2.95. The van der Waals surface area contributed by atoms with Crippen molar-refractivity contribution in [2.45, 2.75) is 19.3 Å². The van der Waals surface area contributed by atoms with Gasteiger partial charge in [0.2, 0.25) is 0 Å². The minimum Gasteiger partial charge on any atom is -0.207 e. The van der Waals surface area contributed by atoms with Gasteiger partial charge in [0.15, 0.2) is 0 Å². The minimum atomic E-state index is -0.137. The van der Waals surface area contributed by atoms with Gasteiger partial charge in [-0.25, -0.2) is 4.39 Å². The normalized spacial score (nSPS) is 28.5. The van der Waals surface area contributed by atoms with Gasteiger partial charge in [0.1, 0.15) is 5.82 Å². The first-order chi connectivity index (χ1) is 5.27. The first-order valence-corrected chi connectivity index (χ1v) is 4.03. The fourth-order valence-corrected chi connectivity index (χ4v) is 1.50. The van der Waals surface area contributed by atoms with E-state index in [1.807, 2.05) is 12.1 Å². The SMILES string of the molecule is C[C@@H]1C[C@@H]1c1ccc(F)cc1. The van der Waals surface area contributed by atoms with Crippen LogP contribution in [0, 0.1) is 11.7 Å². The van der Waals surface area contributed by atoms with E-state index in [-0.39, 0.29) is 5.82 Å². The van der Waals surface area contributed by atoms with Crippen molar-refractivity contribution < 1.29 is 4.39 Å². The molecule has 0 saturated heterocycles. The van der Waals surface area contributed by atoms with Crippen molar-refractivity contribution in [3.05, 3.63) is 35.6 Å². The molecule has 0 aromatic heterocycles. The standard InChI is InChI=1S/C10H11F/c1-7-6-10(7)8-2-4-9(11)5-3-8/h2-5,7,10H,6H2,1H3/t7-,10+/m1/s1. The number of hydrogen-bond acceptors (Lipinski definition) is 0. The molecule has 0 spiro atoms. The third kappa shape index (κ3) is 1.28.